The van der Waals surface area contributed by atoms with Gasteiger partial charge in [0.1, 0.15) is 0 Å². The Kier molecular flexibility index (Phi) is 4.51. The lowest BCUT2D eigenvalue weighted by atomic mass is 10.2. The Morgan fingerprint density at radius 3 is 2.35 bits per heavy atom. The molecule has 0 radical (unpaired) electrons. The summed E-state index contributed by atoms with van der Waals surface area (Å²) in [5, 5.41) is 2.97. The first-order valence-electron chi connectivity index (χ1n) is 5.29. The number of hydrogen-bond donors (Lipinski definition) is 2. The monoisotopic (exact) mass is 256 g/mol. The van der Waals surface area contributed by atoms with Gasteiger partial charge in [-0.1, -0.05) is 6.92 Å². The van der Waals surface area contributed by atoms with Crippen molar-refractivity contribution < 1.29 is 13.2 Å². The number of sulfone groups is 1. The van der Waals surface area contributed by atoms with Gasteiger partial charge in [-0.3, -0.25) is 4.79 Å². The van der Waals surface area contributed by atoms with E-state index in [1.54, 1.807) is 31.2 Å². The van der Waals surface area contributed by atoms with E-state index in [-0.39, 0.29) is 11.5 Å². The van der Waals surface area contributed by atoms with Gasteiger partial charge in [0, 0.05) is 23.5 Å². The van der Waals surface area contributed by atoms with Crippen LogP contribution in [0.25, 0.3) is 0 Å². The van der Waals surface area contributed by atoms with Crippen LogP contribution in [0.5, 0.6) is 0 Å². The highest BCUT2D eigenvalue weighted by Gasteiger charge is 2.06. The lowest BCUT2D eigenvalue weighted by Gasteiger charge is -2.06. The van der Waals surface area contributed by atoms with E-state index in [9.17, 15) is 13.2 Å². The van der Waals surface area contributed by atoms with Gasteiger partial charge in [0.15, 0.2) is 9.84 Å². The van der Waals surface area contributed by atoms with E-state index in [4.69, 9.17) is 5.73 Å². The van der Waals surface area contributed by atoms with Crippen LogP contribution in [0.2, 0.25) is 0 Å². The number of carbonyl (C=O) groups excluding carboxylic acids is 1. The van der Waals surface area contributed by atoms with Crippen LogP contribution in [-0.2, 0) is 9.84 Å². The summed E-state index contributed by atoms with van der Waals surface area (Å²) in [5.41, 5.74) is 6.29. The van der Waals surface area contributed by atoms with Crippen molar-refractivity contribution in [2.45, 2.75) is 6.92 Å². The van der Waals surface area contributed by atoms with Gasteiger partial charge in [-0.15, -0.1) is 0 Å². The Bertz CT molecular complexity index is 480. The molecule has 6 heteroatoms. The van der Waals surface area contributed by atoms with Gasteiger partial charge in [-0.2, -0.15) is 0 Å². The normalized spacial score (nSPS) is 11.1. The lowest BCUT2D eigenvalue weighted by molar-refractivity contribution is 0.100. The quantitative estimate of drug-likeness (QED) is 0.781. The highest BCUT2D eigenvalue weighted by molar-refractivity contribution is 7.91. The van der Waals surface area contributed by atoms with E-state index in [1.165, 1.54) is 0 Å². The number of hydrogen-bond acceptors (Lipinski definition) is 4. The Morgan fingerprint density at radius 1 is 1.29 bits per heavy atom. The fraction of sp³-hybridized carbons (Fsp3) is 0.364. The average molecular weight is 256 g/mol. The van der Waals surface area contributed by atoms with E-state index in [0.717, 1.165) is 5.69 Å². The Hall–Kier alpha value is -1.56. The van der Waals surface area contributed by atoms with Gasteiger partial charge in [-0.05, 0) is 24.3 Å². The highest BCUT2D eigenvalue weighted by atomic mass is 32.2. The highest BCUT2D eigenvalue weighted by Crippen LogP contribution is 2.08. The zero-order chi connectivity index (χ0) is 12.9. The Labute approximate surface area is 101 Å². The zero-order valence-electron chi connectivity index (χ0n) is 9.64. The molecule has 0 unspecified atom stereocenters. The third kappa shape index (κ3) is 4.44. The third-order valence-electron chi connectivity index (χ3n) is 2.35. The minimum Gasteiger partial charge on any atom is -0.384 e. The maximum atomic E-state index is 11.2. The maximum absolute atomic E-state index is 11.2. The van der Waals surface area contributed by atoms with Gasteiger partial charge >= 0.3 is 0 Å². The van der Waals surface area contributed by atoms with E-state index in [1.807, 2.05) is 0 Å². The number of nitrogens with one attached hydrogen (secondary N) is 1. The number of nitrogens with two attached hydrogens (primary N) is 1. The van der Waals surface area contributed by atoms with Crippen molar-refractivity contribution in [2.75, 3.05) is 23.4 Å². The second-order valence-electron chi connectivity index (χ2n) is 3.60. The molecule has 0 atom stereocenters. The molecule has 0 aromatic heterocycles. The Morgan fingerprint density at radius 2 is 1.88 bits per heavy atom. The molecule has 0 saturated carbocycles. The van der Waals surface area contributed by atoms with Crippen molar-refractivity contribution in [2.24, 2.45) is 5.73 Å². The number of anilines is 1. The molecule has 0 heterocycles. The lowest BCUT2D eigenvalue weighted by Crippen LogP contribution is -2.17. The molecule has 1 amide bonds. The molecular weight excluding hydrogens is 240 g/mol. The van der Waals surface area contributed by atoms with Crippen LogP contribution in [0, 0.1) is 0 Å². The van der Waals surface area contributed by atoms with Crippen molar-refractivity contribution in [3.8, 4) is 0 Å². The van der Waals surface area contributed by atoms with Crippen molar-refractivity contribution in [1.29, 1.82) is 0 Å². The summed E-state index contributed by atoms with van der Waals surface area (Å²) in [6, 6.07) is 6.58. The molecule has 5 nitrogen and oxygen atoms in total. The minimum atomic E-state index is -2.95. The summed E-state index contributed by atoms with van der Waals surface area (Å²) in [4.78, 5) is 10.8. The van der Waals surface area contributed by atoms with Crippen molar-refractivity contribution >= 4 is 21.4 Å². The standard InChI is InChI=1S/C11H16N2O3S/c1-2-17(15,16)8-7-13-10-5-3-9(4-6-10)11(12)14/h3-6,13H,2,7-8H2,1H3,(H2,12,14). The molecule has 17 heavy (non-hydrogen) atoms. The molecular formula is C11H16N2O3S. The summed E-state index contributed by atoms with van der Waals surface area (Å²) in [5.74, 6) is -0.235. The molecule has 0 aliphatic rings. The SMILES string of the molecule is CCS(=O)(=O)CCNc1ccc(C(N)=O)cc1. The fourth-order valence-electron chi connectivity index (χ4n) is 1.25. The molecule has 1 aromatic carbocycles. The molecule has 0 spiro atoms. The van der Waals surface area contributed by atoms with E-state index in [2.05, 4.69) is 5.32 Å². The molecule has 1 aromatic rings. The van der Waals surface area contributed by atoms with E-state index in [0.29, 0.717) is 12.1 Å². The summed E-state index contributed by atoms with van der Waals surface area (Å²) >= 11 is 0. The molecule has 0 saturated heterocycles. The summed E-state index contributed by atoms with van der Waals surface area (Å²) in [6.45, 7) is 1.98. The molecule has 0 bridgehead atoms. The second-order valence-corrected chi connectivity index (χ2v) is 6.08. The van der Waals surface area contributed by atoms with Crippen LogP contribution in [-0.4, -0.2) is 32.4 Å². The molecule has 0 aliphatic heterocycles. The van der Waals surface area contributed by atoms with Crippen LogP contribution in [0.4, 0.5) is 5.69 Å². The van der Waals surface area contributed by atoms with Crippen molar-refractivity contribution in [1.82, 2.24) is 0 Å². The first-order chi connectivity index (χ1) is 7.94. The number of benzene rings is 1. The fourth-order valence-corrected chi connectivity index (χ4v) is 1.95. The van der Waals surface area contributed by atoms with Gasteiger partial charge in [0.05, 0.1) is 5.75 Å². The number of amides is 1. The number of rotatable bonds is 6. The molecule has 1 rings (SSSR count). The Balaban J connectivity index is 2.51. The minimum absolute atomic E-state index is 0.0983. The van der Waals surface area contributed by atoms with Crippen LogP contribution in [0.3, 0.4) is 0 Å². The molecule has 0 fully saturated rings. The van der Waals surface area contributed by atoms with Crippen LogP contribution in [0.15, 0.2) is 24.3 Å². The maximum Gasteiger partial charge on any atom is 0.248 e. The zero-order valence-corrected chi connectivity index (χ0v) is 10.5. The first-order valence-corrected chi connectivity index (χ1v) is 7.11. The summed E-state index contributed by atoms with van der Waals surface area (Å²) < 4.78 is 22.5. The topological polar surface area (TPSA) is 89.3 Å². The van der Waals surface area contributed by atoms with Crippen molar-refractivity contribution in [3.05, 3.63) is 29.8 Å². The van der Waals surface area contributed by atoms with Crippen LogP contribution < -0.4 is 11.1 Å². The van der Waals surface area contributed by atoms with Gasteiger partial charge in [-0.25, -0.2) is 8.42 Å². The number of carbonyl (C=O) groups is 1. The van der Waals surface area contributed by atoms with Gasteiger partial charge in [0.2, 0.25) is 5.91 Å². The van der Waals surface area contributed by atoms with Gasteiger partial charge < -0.3 is 11.1 Å². The van der Waals surface area contributed by atoms with E-state index < -0.39 is 15.7 Å². The van der Waals surface area contributed by atoms with Crippen LogP contribution >= 0.6 is 0 Å². The third-order valence-corrected chi connectivity index (χ3v) is 4.06. The van der Waals surface area contributed by atoms with E-state index >= 15 is 0 Å². The summed E-state index contributed by atoms with van der Waals surface area (Å²) in [7, 11) is -2.95. The molecule has 0 aliphatic carbocycles. The number of primary amides is 1. The smallest absolute Gasteiger partial charge is 0.248 e. The molecule has 94 valence electrons. The first kappa shape index (κ1) is 13.5. The predicted molar refractivity (Wildman–Crippen MR) is 67.8 cm³/mol. The second kappa shape index (κ2) is 5.67. The van der Waals surface area contributed by atoms with Gasteiger partial charge in [0.25, 0.3) is 0 Å². The van der Waals surface area contributed by atoms with Crippen molar-refractivity contribution in [3.63, 3.8) is 0 Å². The summed E-state index contributed by atoms with van der Waals surface area (Å²) in [6.07, 6.45) is 0. The largest absolute Gasteiger partial charge is 0.384 e. The average Bonchev–Trinajstić information content (AvgIpc) is 2.29. The predicted octanol–water partition coefficient (Wildman–Crippen LogP) is 0.632. The molecule has 3 N–H and O–H groups in total. The van der Waals surface area contributed by atoms with Crippen LogP contribution in [0.1, 0.15) is 17.3 Å².